The lowest BCUT2D eigenvalue weighted by Gasteiger charge is -2.14. The Balaban J connectivity index is 2.48. The molecule has 0 spiro atoms. The van der Waals surface area contributed by atoms with Crippen LogP contribution in [-0.4, -0.2) is 23.1 Å². The summed E-state index contributed by atoms with van der Waals surface area (Å²) in [5, 5.41) is 14.0. The molecule has 0 aliphatic heterocycles. The number of benzene rings is 1. The van der Waals surface area contributed by atoms with Crippen LogP contribution in [0.4, 0.5) is 10.5 Å². The molecular weight excluding hydrogens is 312 g/mol. The van der Waals surface area contributed by atoms with Gasteiger partial charge < -0.3 is 15.7 Å². The van der Waals surface area contributed by atoms with Crippen LogP contribution in [-0.2, 0) is 4.79 Å². The molecule has 0 saturated heterocycles. The van der Waals surface area contributed by atoms with E-state index in [0.717, 1.165) is 10.0 Å². The van der Waals surface area contributed by atoms with Crippen molar-refractivity contribution in [1.82, 2.24) is 5.32 Å². The second-order valence-corrected chi connectivity index (χ2v) is 5.36. The van der Waals surface area contributed by atoms with Crippen molar-refractivity contribution in [3.63, 3.8) is 0 Å². The lowest BCUT2D eigenvalue weighted by Crippen LogP contribution is -2.36. The molecule has 0 fully saturated rings. The number of carbonyl (C=O) groups excluding carboxylic acids is 1. The topological polar surface area (TPSA) is 78.4 Å². The van der Waals surface area contributed by atoms with E-state index in [1.54, 1.807) is 13.0 Å². The lowest BCUT2D eigenvalue weighted by atomic mass is 10.2. The molecule has 0 aromatic heterocycles. The Bertz CT molecular complexity index is 457. The van der Waals surface area contributed by atoms with E-state index in [1.165, 1.54) is 0 Å². The summed E-state index contributed by atoms with van der Waals surface area (Å²) in [5.41, 5.74) is 1.72. The Hall–Kier alpha value is -1.56. The van der Waals surface area contributed by atoms with Crippen molar-refractivity contribution in [1.29, 1.82) is 0 Å². The number of urea groups is 1. The number of carbonyl (C=O) groups is 2. The molecule has 1 rings (SSSR count). The van der Waals surface area contributed by atoms with Crippen LogP contribution in [0.5, 0.6) is 0 Å². The van der Waals surface area contributed by atoms with Gasteiger partial charge in [0.2, 0.25) is 0 Å². The van der Waals surface area contributed by atoms with Crippen LogP contribution in [0.3, 0.4) is 0 Å². The first-order valence-corrected chi connectivity index (χ1v) is 6.72. The summed E-state index contributed by atoms with van der Waals surface area (Å²) >= 11 is 3.36. The number of nitrogens with one attached hydrogen (secondary N) is 2. The molecule has 1 aromatic rings. The third kappa shape index (κ3) is 6.24. The Morgan fingerprint density at radius 2 is 2.05 bits per heavy atom. The predicted octanol–water partition coefficient (Wildman–Crippen LogP) is 3.13. The van der Waals surface area contributed by atoms with Crippen LogP contribution in [0.25, 0.3) is 0 Å². The standard InChI is InChI=1S/C13H17BrN2O3/c1-8-5-10(14)7-11(6-8)16-13(19)15-9(2)3-4-12(17)18/h5-7,9H,3-4H2,1-2H3,(H,17,18)(H2,15,16,19). The van der Waals surface area contributed by atoms with Gasteiger partial charge in [-0.05, 0) is 44.0 Å². The molecule has 6 heteroatoms. The molecule has 2 amide bonds. The molecule has 1 aromatic carbocycles. The maximum atomic E-state index is 11.7. The molecule has 3 N–H and O–H groups in total. The summed E-state index contributed by atoms with van der Waals surface area (Å²) in [4.78, 5) is 22.1. The van der Waals surface area contributed by atoms with Crippen molar-refractivity contribution >= 4 is 33.6 Å². The van der Waals surface area contributed by atoms with Crippen LogP contribution in [0, 0.1) is 6.92 Å². The van der Waals surface area contributed by atoms with Gasteiger partial charge in [0.25, 0.3) is 0 Å². The van der Waals surface area contributed by atoms with Gasteiger partial charge in [-0.15, -0.1) is 0 Å². The van der Waals surface area contributed by atoms with Crippen molar-refractivity contribution in [2.45, 2.75) is 32.7 Å². The van der Waals surface area contributed by atoms with E-state index in [1.807, 2.05) is 19.1 Å². The van der Waals surface area contributed by atoms with Crippen LogP contribution >= 0.6 is 15.9 Å². The first kappa shape index (κ1) is 15.5. The van der Waals surface area contributed by atoms with E-state index < -0.39 is 5.97 Å². The van der Waals surface area contributed by atoms with Gasteiger partial charge in [0.05, 0.1) is 0 Å². The number of carboxylic acid groups (broad SMARTS) is 1. The van der Waals surface area contributed by atoms with Crippen molar-refractivity contribution in [3.05, 3.63) is 28.2 Å². The minimum atomic E-state index is -0.864. The zero-order valence-electron chi connectivity index (χ0n) is 10.9. The molecule has 0 radical (unpaired) electrons. The zero-order valence-corrected chi connectivity index (χ0v) is 12.5. The largest absolute Gasteiger partial charge is 0.481 e. The summed E-state index contributed by atoms with van der Waals surface area (Å²) in [7, 11) is 0. The maximum Gasteiger partial charge on any atom is 0.319 e. The summed E-state index contributed by atoms with van der Waals surface area (Å²) in [6.07, 6.45) is 0.442. The molecule has 19 heavy (non-hydrogen) atoms. The van der Waals surface area contributed by atoms with Gasteiger partial charge in [-0.2, -0.15) is 0 Å². The third-order valence-corrected chi connectivity index (χ3v) is 2.93. The lowest BCUT2D eigenvalue weighted by molar-refractivity contribution is -0.137. The highest BCUT2D eigenvalue weighted by Crippen LogP contribution is 2.18. The molecule has 104 valence electrons. The fourth-order valence-electron chi connectivity index (χ4n) is 1.61. The number of hydrogen-bond donors (Lipinski definition) is 3. The number of halogens is 1. The molecule has 0 heterocycles. The molecule has 0 saturated carbocycles. The second-order valence-electron chi connectivity index (χ2n) is 4.45. The Kier molecular flexibility index (Phi) is 5.82. The molecule has 5 nitrogen and oxygen atoms in total. The minimum Gasteiger partial charge on any atom is -0.481 e. The first-order chi connectivity index (χ1) is 8.86. The van der Waals surface area contributed by atoms with Gasteiger partial charge in [0, 0.05) is 22.6 Å². The van der Waals surface area contributed by atoms with Crippen molar-refractivity contribution in [3.8, 4) is 0 Å². The second kappa shape index (κ2) is 7.13. The van der Waals surface area contributed by atoms with Crippen LogP contribution < -0.4 is 10.6 Å². The smallest absolute Gasteiger partial charge is 0.319 e. The van der Waals surface area contributed by atoms with E-state index >= 15 is 0 Å². The minimum absolute atomic E-state index is 0.0391. The predicted molar refractivity (Wildman–Crippen MR) is 77.4 cm³/mol. The van der Waals surface area contributed by atoms with Gasteiger partial charge in [0.1, 0.15) is 0 Å². The highest BCUT2D eigenvalue weighted by Gasteiger charge is 2.09. The van der Waals surface area contributed by atoms with Gasteiger partial charge in [-0.3, -0.25) is 4.79 Å². The molecule has 0 aliphatic carbocycles. The number of aliphatic carboxylic acids is 1. The Morgan fingerprint density at radius 3 is 2.63 bits per heavy atom. The summed E-state index contributed by atoms with van der Waals surface area (Å²) in [5.74, 6) is -0.864. The van der Waals surface area contributed by atoms with E-state index in [2.05, 4.69) is 26.6 Å². The van der Waals surface area contributed by atoms with Gasteiger partial charge in [-0.25, -0.2) is 4.79 Å². The highest BCUT2D eigenvalue weighted by molar-refractivity contribution is 9.10. The van der Waals surface area contributed by atoms with Gasteiger partial charge in [0.15, 0.2) is 0 Å². The van der Waals surface area contributed by atoms with Gasteiger partial charge in [-0.1, -0.05) is 15.9 Å². The summed E-state index contributed by atoms with van der Waals surface area (Å²) in [6, 6.07) is 5.07. The summed E-state index contributed by atoms with van der Waals surface area (Å²) < 4.78 is 0.890. The SMILES string of the molecule is Cc1cc(Br)cc(NC(=O)NC(C)CCC(=O)O)c1. The zero-order chi connectivity index (χ0) is 14.4. The van der Waals surface area contributed by atoms with E-state index in [0.29, 0.717) is 12.1 Å². The number of aryl methyl sites for hydroxylation is 1. The average Bonchev–Trinajstić information content (AvgIpc) is 2.24. The van der Waals surface area contributed by atoms with Crippen LogP contribution in [0.2, 0.25) is 0 Å². The monoisotopic (exact) mass is 328 g/mol. The van der Waals surface area contributed by atoms with E-state index in [-0.39, 0.29) is 18.5 Å². The number of hydrogen-bond acceptors (Lipinski definition) is 2. The molecule has 1 atom stereocenters. The molecule has 0 bridgehead atoms. The first-order valence-electron chi connectivity index (χ1n) is 5.93. The van der Waals surface area contributed by atoms with Crippen molar-refractivity contribution < 1.29 is 14.7 Å². The number of rotatable bonds is 5. The average molecular weight is 329 g/mol. The van der Waals surface area contributed by atoms with Crippen molar-refractivity contribution in [2.75, 3.05) is 5.32 Å². The number of anilines is 1. The summed E-state index contributed by atoms with van der Waals surface area (Å²) in [6.45, 7) is 3.71. The fourth-order valence-corrected chi connectivity index (χ4v) is 2.22. The van der Waals surface area contributed by atoms with Crippen molar-refractivity contribution in [2.24, 2.45) is 0 Å². The Labute approximate surface area is 120 Å². The number of carboxylic acids is 1. The maximum absolute atomic E-state index is 11.7. The highest BCUT2D eigenvalue weighted by atomic mass is 79.9. The molecule has 1 unspecified atom stereocenters. The molecule has 0 aliphatic rings. The normalized spacial score (nSPS) is 11.7. The fraction of sp³-hybridized carbons (Fsp3) is 0.385. The van der Waals surface area contributed by atoms with E-state index in [9.17, 15) is 9.59 Å². The Morgan fingerprint density at radius 1 is 1.37 bits per heavy atom. The van der Waals surface area contributed by atoms with Gasteiger partial charge >= 0.3 is 12.0 Å². The quantitative estimate of drug-likeness (QED) is 0.776. The third-order valence-electron chi connectivity index (χ3n) is 2.47. The molecular formula is C13H17BrN2O3. The van der Waals surface area contributed by atoms with Crippen LogP contribution in [0.1, 0.15) is 25.3 Å². The van der Waals surface area contributed by atoms with E-state index in [4.69, 9.17) is 5.11 Å². The van der Waals surface area contributed by atoms with Crippen LogP contribution in [0.15, 0.2) is 22.7 Å². The number of amides is 2.